The lowest BCUT2D eigenvalue weighted by Crippen LogP contribution is -2.01. The molecule has 2 aromatic rings. The fraction of sp³-hybridized carbons (Fsp3) is 0.214. The lowest BCUT2D eigenvalue weighted by molar-refractivity contribution is 0.167. The van der Waals surface area contributed by atoms with Crippen LogP contribution < -0.4 is 0 Å². The zero-order valence-corrected chi connectivity index (χ0v) is 10.4. The van der Waals surface area contributed by atoms with E-state index in [1.807, 2.05) is 12.1 Å². The molecule has 4 heteroatoms. The van der Waals surface area contributed by atoms with E-state index in [9.17, 15) is 9.50 Å². The van der Waals surface area contributed by atoms with E-state index in [1.165, 1.54) is 18.2 Å². The molecular formula is C14H13ClFNO. The Bertz CT molecular complexity index is 518. The minimum Gasteiger partial charge on any atom is -0.388 e. The highest BCUT2D eigenvalue weighted by molar-refractivity contribution is 6.31. The summed E-state index contributed by atoms with van der Waals surface area (Å²) >= 11 is 5.93. The highest BCUT2D eigenvalue weighted by atomic mass is 35.5. The van der Waals surface area contributed by atoms with Crippen molar-refractivity contribution in [2.24, 2.45) is 0 Å². The number of hydrogen-bond acceptors (Lipinski definition) is 2. The van der Waals surface area contributed by atoms with Crippen molar-refractivity contribution in [3.8, 4) is 0 Å². The maximum absolute atomic E-state index is 13.1. The van der Waals surface area contributed by atoms with Crippen LogP contribution in [0, 0.1) is 5.82 Å². The molecule has 2 nitrogen and oxygen atoms in total. The average Bonchev–Trinajstić information content (AvgIpc) is 2.40. The Balaban J connectivity index is 2.03. The van der Waals surface area contributed by atoms with Gasteiger partial charge in [0.2, 0.25) is 0 Å². The molecule has 0 amide bonds. The summed E-state index contributed by atoms with van der Waals surface area (Å²) in [6, 6.07) is 7.79. The van der Waals surface area contributed by atoms with Crippen LogP contribution in [0.15, 0.2) is 42.7 Å². The van der Waals surface area contributed by atoms with E-state index in [2.05, 4.69) is 4.98 Å². The van der Waals surface area contributed by atoms with Crippen molar-refractivity contribution in [3.63, 3.8) is 0 Å². The molecule has 0 aliphatic carbocycles. The number of aryl methyl sites for hydroxylation is 1. The summed E-state index contributed by atoms with van der Waals surface area (Å²) in [5, 5.41) is 10.4. The summed E-state index contributed by atoms with van der Waals surface area (Å²) in [7, 11) is 0. The van der Waals surface area contributed by atoms with Gasteiger partial charge in [0.25, 0.3) is 0 Å². The van der Waals surface area contributed by atoms with Gasteiger partial charge >= 0.3 is 0 Å². The van der Waals surface area contributed by atoms with E-state index in [4.69, 9.17) is 11.6 Å². The van der Waals surface area contributed by atoms with Crippen LogP contribution in [-0.4, -0.2) is 10.1 Å². The Morgan fingerprint density at radius 1 is 1.33 bits per heavy atom. The molecule has 0 spiro atoms. The lowest BCUT2D eigenvalue weighted by Gasteiger charge is -2.12. The normalized spacial score (nSPS) is 12.4. The van der Waals surface area contributed by atoms with Gasteiger partial charge in [0.15, 0.2) is 0 Å². The largest absolute Gasteiger partial charge is 0.388 e. The SMILES string of the molecule is OC(CCc1cccnc1)c1cc(F)ccc1Cl. The molecule has 0 fully saturated rings. The molecule has 1 atom stereocenters. The van der Waals surface area contributed by atoms with Gasteiger partial charge in [-0.1, -0.05) is 17.7 Å². The smallest absolute Gasteiger partial charge is 0.123 e. The topological polar surface area (TPSA) is 33.1 Å². The predicted molar refractivity (Wildman–Crippen MR) is 68.9 cm³/mol. The molecule has 0 aliphatic rings. The van der Waals surface area contributed by atoms with Crippen molar-refractivity contribution in [1.82, 2.24) is 4.98 Å². The Kier molecular flexibility index (Phi) is 4.28. The molecule has 1 heterocycles. The van der Waals surface area contributed by atoms with Gasteiger partial charge < -0.3 is 5.11 Å². The van der Waals surface area contributed by atoms with Crippen molar-refractivity contribution in [2.45, 2.75) is 18.9 Å². The maximum atomic E-state index is 13.1. The standard InChI is InChI=1S/C14H13ClFNO/c15-13-5-4-11(16)8-12(13)14(18)6-3-10-2-1-7-17-9-10/h1-2,4-5,7-9,14,18H,3,6H2. The molecule has 1 aromatic carbocycles. The van der Waals surface area contributed by atoms with Crippen LogP contribution in [0.3, 0.4) is 0 Å². The number of halogens is 2. The number of rotatable bonds is 4. The van der Waals surface area contributed by atoms with Gasteiger partial charge in [-0.25, -0.2) is 4.39 Å². The highest BCUT2D eigenvalue weighted by Crippen LogP contribution is 2.26. The first-order valence-electron chi connectivity index (χ1n) is 5.69. The van der Waals surface area contributed by atoms with E-state index in [1.54, 1.807) is 12.4 Å². The molecule has 94 valence electrons. The average molecular weight is 266 g/mol. The van der Waals surface area contributed by atoms with Gasteiger partial charge in [0.1, 0.15) is 5.82 Å². The summed E-state index contributed by atoms with van der Waals surface area (Å²) in [6.07, 6.45) is 3.83. The second-order valence-electron chi connectivity index (χ2n) is 4.08. The van der Waals surface area contributed by atoms with Crippen molar-refractivity contribution >= 4 is 11.6 Å². The van der Waals surface area contributed by atoms with Gasteiger partial charge in [0, 0.05) is 23.0 Å². The van der Waals surface area contributed by atoms with Crippen LogP contribution in [0.2, 0.25) is 5.02 Å². The molecule has 1 aromatic heterocycles. The summed E-state index contributed by atoms with van der Waals surface area (Å²) in [6.45, 7) is 0. The fourth-order valence-electron chi connectivity index (χ4n) is 1.77. The third-order valence-corrected chi connectivity index (χ3v) is 3.09. The molecular weight excluding hydrogens is 253 g/mol. The van der Waals surface area contributed by atoms with Crippen molar-refractivity contribution < 1.29 is 9.50 Å². The summed E-state index contributed by atoms with van der Waals surface area (Å²) in [5.41, 5.74) is 1.46. The van der Waals surface area contributed by atoms with Gasteiger partial charge in [0.05, 0.1) is 6.10 Å². The van der Waals surface area contributed by atoms with Crippen LogP contribution in [0.5, 0.6) is 0 Å². The number of aromatic nitrogens is 1. The minimum absolute atomic E-state index is 0.384. The fourth-order valence-corrected chi connectivity index (χ4v) is 2.02. The molecule has 1 unspecified atom stereocenters. The van der Waals surface area contributed by atoms with Crippen LogP contribution in [0.4, 0.5) is 4.39 Å². The monoisotopic (exact) mass is 265 g/mol. The van der Waals surface area contributed by atoms with E-state index in [0.717, 1.165) is 5.56 Å². The third-order valence-electron chi connectivity index (χ3n) is 2.75. The van der Waals surface area contributed by atoms with Crippen molar-refractivity contribution in [2.75, 3.05) is 0 Å². The molecule has 18 heavy (non-hydrogen) atoms. The van der Waals surface area contributed by atoms with E-state index < -0.39 is 11.9 Å². The maximum Gasteiger partial charge on any atom is 0.123 e. The Morgan fingerprint density at radius 2 is 2.17 bits per heavy atom. The number of hydrogen-bond donors (Lipinski definition) is 1. The summed E-state index contributed by atoms with van der Waals surface area (Å²) in [4.78, 5) is 4.00. The van der Waals surface area contributed by atoms with Crippen LogP contribution in [-0.2, 0) is 6.42 Å². The first-order chi connectivity index (χ1) is 8.66. The van der Waals surface area contributed by atoms with Crippen LogP contribution in [0.1, 0.15) is 23.7 Å². The second-order valence-corrected chi connectivity index (χ2v) is 4.49. The van der Waals surface area contributed by atoms with Crippen molar-refractivity contribution in [3.05, 3.63) is 64.7 Å². The van der Waals surface area contributed by atoms with Gasteiger partial charge in [-0.2, -0.15) is 0 Å². The molecule has 1 N–H and O–H groups in total. The molecule has 0 bridgehead atoms. The Labute approximate surface area is 110 Å². The van der Waals surface area contributed by atoms with Gasteiger partial charge in [-0.15, -0.1) is 0 Å². The highest BCUT2D eigenvalue weighted by Gasteiger charge is 2.12. The zero-order chi connectivity index (χ0) is 13.0. The lowest BCUT2D eigenvalue weighted by atomic mass is 10.0. The zero-order valence-electron chi connectivity index (χ0n) is 9.68. The van der Waals surface area contributed by atoms with Crippen molar-refractivity contribution in [1.29, 1.82) is 0 Å². The first kappa shape index (κ1) is 13.0. The molecule has 2 rings (SSSR count). The van der Waals surface area contributed by atoms with E-state index >= 15 is 0 Å². The summed E-state index contributed by atoms with van der Waals surface area (Å²) < 4.78 is 13.1. The quantitative estimate of drug-likeness (QED) is 0.917. The number of aliphatic hydroxyl groups is 1. The molecule has 0 saturated carbocycles. The first-order valence-corrected chi connectivity index (χ1v) is 6.06. The Hall–Kier alpha value is -1.45. The molecule has 0 saturated heterocycles. The number of nitrogens with zero attached hydrogens (tertiary/aromatic N) is 1. The minimum atomic E-state index is -0.770. The summed E-state index contributed by atoms with van der Waals surface area (Å²) in [5.74, 6) is -0.394. The van der Waals surface area contributed by atoms with Crippen LogP contribution >= 0.6 is 11.6 Å². The third kappa shape index (κ3) is 3.28. The van der Waals surface area contributed by atoms with Gasteiger partial charge in [-0.05, 0) is 42.7 Å². The van der Waals surface area contributed by atoms with E-state index in [-0.39, 0.29) is 0 Å². The number of benzene rings is 1. The Morgan fingerprint density at radius 3 is 2.89 bits per heavy atom. The number of pyridine rings is 1. The number of aliphatic hydroxyl groups excluding tert-OH is 1. The van der Waals surface area contributed by atoms with E-state index in [0.29, 0.717) is 23.4 Å². The second kappa shape index (κ2) is 5.94. The molecule has 0 aliphatic heterocycles. The predicted octanol–water partition coefficient (Wildman–Crippen LogP) is 3.54. The molecule has 0 radical (unpaired) electrons. The van der Waals surface area contributed by atoms with Gasteiger partial charge in [-0.3, -0.25) is 4.98 Å². The van der Waals surface area contributed by atoms with Crippen LogP contribution in [0.25, 0.3) is 0 Å².